The lowest BCUT2D eigenvalue weighted by molar-refractivity contribution is -0.146. The summed E-state index contributed by atoms with van der Waals surface area (Å²) >= 11 is 0. The van der Waals surface area contributed by atoms with Crippen LogP contribution in [-0.2, 0) is 9.59 Å². The van der Waals surface area contributed by atoms with Crippen LogP contribution in [0.15, 0.2) is 0 Å². The Morgan fingerprint density at radius 1 is 1.40 bits per heavy atom. The molecule has 88 valence electrons. The first-order chi connectivity index (χ1) is 6.90. The predicted octanol–water partition coefficient (Wildman–Crippen LogP) is 0.435. The Kier molecular flexibility index (Phi) is 5.93. The molecular formula is C10H20N2O3. The highest BCUT2D eigenvalue weighted by Crippen LogP contribution is 2.04. The molecule has 1 atom stereocenters. The van der Waals surface area contributed by atoms with Crippen molar-refractivity contribution in [1.82, 2.24) is 4.90 Å². The summed E-state index contributed by atoms with van der Waals surface area (Å²) in [6, 6.07) is -0.728. The number of aliphatic carboxylic acids is 1. The van der Waals surface area contributed by atoms with Crippen LogP contribution in [0.5, 0.6) is 0 Å². The van der Waals surface area contributed by atoms with Crippen LogP contribution in [-0.4, -0.2) is 40.5 Å². The van der Waals surface area contributed by atoms with Gasteiger partial charge in [0.2, 0.25) is 5.91 Å². The fraction of sp³-hybridized carbons (Fsp3) is 0.800. The van der Waals surface area contributed by atoms with Crippen LogP contribution in [0, 0.1) is 0 Å². The molecule has 3 N–H and O–H groups in total. The minimum atomic E-state index is -1.01. The average Bonchev–Trinajstić information content (AvgIpc) is 2.12. The van der Waals surface area contributed by atoms with Gasteiger partial charge in [0.1, 0.15) is 6.54 Å². The van der Waals surface area contributed by atoms with Crippen LogP contribution >= 0.6 is 0 Å². The molecule has 0 aromatic heterocycles. The summed E-state index contributed by atoms with van der Waals surface area (Å²) in [6.45, 7) is 5.21. The molecule has 0 radical (unpaired) electrons. The van der Waals surface area contributed by atoms with Crippen LogP contribution in [0.4, 0.5) is 0 Å². The van der Waals surface area contributed by atoms with Gasteiger partial charge in [0, 0.05) is 6.04 Å². The summed E-state index contributed by atoms with van der Waals surface area (Å²) in [5, 5.41) is 8.66. The molecule has 0 rings (SSSR count). The van der Waals surface area contributed by atoms with Crippen LogP contribution in [0.25, 0.3) is 0 Å². The van der Waals surface area contributed by atoms with E-state index in [1.165, 1.54) is 4.90 Å². The minimum Gasteiger partial charge on any atom is -0.480 e. The van der Waals surface area contributed by atoms with Gasteiger partial charge >= 0.3 is 5.97 Å². The molecule has 1 amide bonds. The van der Waals surface area contributed by atoms with E-state index in [9.17, 15) is 9.59 Å². The molecule has 0 bridgehead atoms. The van der Waals surface area contributed by atoms with Gasteiger partial charge in [0.05, 0.1) is 6.04 Å². The van der Waals surface area contributed by atoms with E-state index in [-0.39, 0.29) is 18.5 Å². The molecule has 0 spiro atoms. The molecule has 0 aromatic rings. The molecule has 15 heavy (non-hydrogen) atoms. The Labute approximate surface area is 90.2 Å². The van der Waals surface area contributed by atoms with Gasteiger partial charge in [0.25, 0.3) is 0 Å². The van der Waals surface area contributed by atoms with E-state index in [4.69, 9.17) is 10.8 Å². The van der Waals surface area contributed by atoms with Crippen molar-refractivity contribution in [2.75, 3.05) is 6.54 Å². The molecule has 0 aromatic carbocycles. The van der Waals surface area contributed by atoms with Crippen LogP contribution in [0.1, 0.15) is 33.6 Å². The number of carboxylic acids is 1. The molecule has 5 nitrogen and oxygen atoms in total. The third kappa shape index (κ3) is 4.78. The normalized spacial score (nSPS) is 12.6. The second kappa shape index (κ2) is 6.40. The highest BCUT2D eigenvalue weighted by Gasteiger charge is 2.24. The predicted molar refractivity (Wildman–Crippen MR) is 57.4 cm³/mol. The maximum Gasteiger partial charge on any atom is 0.323 e. The van der Waals surface area contributed by atoms with Gasteiger partial charge < -0.3 is 15.7 Å². The van der Waals surface area contributed by atoms with Gasteiger partial charge in [0.15, 0.2) is 0 Å². The molecule has 0 saturated heterocycles. The number of hydrogen-bond acceptors (Lipinski definition) is 3. The first-order valence-corrected chi connectivity index (χ1v) is 5.18. The maximum atomic E-state index is 11.7. The number of rotatable bonds is 6. The lowest BCUT2D eigenvalue weighted by Gasteiger charge is -2.27. The van der Waals surface area contributed by atoms with Crippen molar-refractivity contribution in [3.63, 3.8) is 0 Å². The summed E-state index contributed by atoms with van der Waals surface area (Å²) < 4.78 is 0. The molecular weight excluding hydrogens is 196 g/mol. The van der Waals surface area contributed by atoms with Crippen LogP contribution in [0.2, 0.25) is 0 Å². The molecule has 0 heterocycles. The minimum absolute atomic E-state index is 0.142. The SMILES string of the molecule is CCCC(N)C(=O)N(CC(=O)O)C(C)C. The van der Waals surface area contributed by atoms with Crippen molar-refractivity contribution in [2.45, 2.75) is 45.7 Å². The van der Waals surface area contributed by atoms with Crippen molar-refractivity contribution in [3.05, 3.63) is 0 Å². The third-order valence-corrected chi connectivity index (χ3v) is 2.13. The summed E-state index contributed by atoms with van der Waals surface area (Å²) in [7, 11) is 0. The fourth-order valence-electron chi connectivity index (χ4n) is 1.31. The topological polar surface area (TPSA) is 83.6 Å². The molecule has 1 unspecified atom stereocenters. The summed E-state index contributed by atoms with van der Waals surface area (Å²) in [5.41, 5.74) is 5.66. The van der Waals surface area contributed by atoms with E-state index in [2.05, 4.69) is 0 Å². The van der Waals surface area contributed by atoms with E-state index in [1.807, 2.05) is 6.92 Å². The summed E-state index contributed by atoms with van der Waals surface area (Å²) in [5.74, 6) is -1.30. The van der Waals surface area contributed by atoms with Gasteiger partial charge in [-0.1, -0.05) is 13.3 Å². The molecule has 0 aliphatic rings. The number of carbonyl (C=O) groups is 2. The Balaban J connectivity index is 4.47. The van der Waals surface area contributed by atoms with Crippen molar-refractivity contribution in [3.8, 4) is 0 Å². The van der Waals surface area contributed by atoms with E-state index in [0.29, 0.717) is 6.42 Å². The average molecular weight is 216 g/mol. The third-order valence-electron chi connectivity index (χ3n) is 2.13. The highest BCUT2D eigenvalue weighted by atomic mass is 16.4. The summed E-state index contributed by atoms with van der Waals surface area (Å²) in [6.07, 6.45) is 1.40. The molecule has 0 saturated carbocycles. The number of nitrogens with two attached hydrogens (primary N) is 1. The Hall–Kier alpha value is -1.10. The highest BCUT2D eigenvalue weighted by molar-refractivity contribution is 5.85. The van der Waals surface area contributed by atoms with E-state index < -0.39 is 12.0 Å². The van der Waals surface area contributed by atoms with Crippen molar-refractivity contribution < 1.29 is 14.7 Å². The van der Waals surface area contributed by atoms with Gasteiger partial charge in [-0.05, 0) is 20.3 Å². The van der Waals surface area contributed by atoms with Gasteiger partial charge in [-0.3, -0.25) is 9.59 Å². The first-order valence-electron chi connectivity index (χ1n) is 5.18. The zero-order valence-corrected chi connectivity index (χ0v) is 9.56. The first kappa shape index (κ1) is 13.9. The lowest BCUT2D eigenvalue weighted by atomic mass is 10.1. The number of amides is 1. The quantitative estimate of drug-likeness (QED) is 0.674. The number of carboxylic acid groups (broad SMARTS) is 1. The van der Waals surface area contributed by atoms with Crippen molar-refractivity contribution >= 4 is 11.9 Å². The lowest BCUT2D eigenvalue weighted by Crippen LogP contribution is -2.48. The second-order valence-electron chi connectivity index (χ2n) is 3.85. The fourth-order valence-corrected chi connectivity index (χ4v) is 1.31. The number of nitrogens with zero attached hydrogens (tertiary/aromatic N) is 1. The molecule has 0 aliphatic carbocycles. The van der Waals surface area contributed by atoms with E-state index in [0.717, 1.165) is 6.42 Å². The summed E-state index contributed by atoms with van der Waals surface area (Å²) in [4.78, 5) is 23.6. The van der Waals surface area contributed by atoms with Gasteiger partial charge in [-0.2, -0.15) is 0 Å². The standard InChI is InChI=1S/C10H20N2O3/c1-4-5-8(11)10(15)12(7(2)3)6-9(13)14/h7-8H,4-6,11H2,1-3H3,(H,13,14). The maximum absolute atomic E-state index is 11.7. The van der Waals surface area contributed by atoms with Crippen molar-refractivity contribution in [2.24, 2.45) is 5.73 Å². The van der Waals surface area contributed by atoms with Crippen molar-refractivity contribution in [1.29, 1.82) is 0 Å². The van der Waals surface area contributed by atoms with Crippen LogP contribution in [0.3, 0.4) is 0 Å². The smallest absolute Gasteiger partial charge is 0.323 e. The monoisotopic (exact) mass is 216 g/mol. The van der Waals surface area contributed by atoms with E-state index in [1.54, 1.807) is 13.8 Å². The molecule has 0 aliphatic heterocycles. The molecule has 0 fully saturated rings. The van der Waals surface area contributed by atoms with Gasteiger partial charge in [-0.25, -0.2) is 0 Å². The number of hydrogen-bond donors (Lipinski definition) is 2. The zero-order valence-electron chi connectivity index (χ0n) is 9.56. The number of carbonyl (C=O) groups excluding carboxylic acids is 1. The zero-order chi connectivity index (χ0) is 12.0. The second-order valence-corrected chi connectivity index (χ2v) is 3.85. The molecule has 5 heteroatoms. The Bertz CT molecular complexity index is 229. The Morgan fingerprint density at radius 3 is 2.27 bits per heavy atom. The van der Waals surface area contributed by atoms with E-state index >= 15 is 0 Å². The van der Waals surface area contributed by atoms with Gasteiger partial charge in [-0.15, -0.1) is 0 Å². The largest absolute Gasteiger partial charge is 0.480 e. The van der Waals surface area contributed by atoms with Crippen LogP contribution < -0.4 is 5.73 Å². The Morgan fingerprint density at radius 2 is 1.93 bits per heavy atom.